The molecule has 4 aromatic rings. The van der Waals surface area contributed by atoms with Crippen molar-refractivity contribution in [2.24, 2.45) is 0 Å². The Morgan fingerprint density at radius 2 is 1.81 bits per heavy atom. The Morgan fingerprint density at radius 3 is 2.62 bits per heavy atom. The summed E-state index contributed by atoms with van der Waals surface area (Å²) in [5, 5.41) is 2.93. The Morgan fingerprint density at radius 1 is 1.04 bits per heavy atom. The molecule has 0 bridgehead atoms. The van der Waals surface area contributed by atoms with Crippen LogP contribution in [0.4, 0.5) is 5.69 Å². The molecule has 0 spiro atoms. The van der Waals surface area contributed by atoms with E-state index in [2.05, 4.69) is 22.9 Å². The monoisotopic (exact) mass is 361 g/mol. The number of para-hydroxylation sites is 3. The lowest BCUT2D eigenvalue weighted by Gasteiger charge is -2.06. The van der Waals surface area contributed by atoms with Gasteiger partial charge in [-0.15, -0.1) is 11.3 Å². The number of imidazole rings is 1. The Balaban J connectivity index is 1.67. The van der Waals surface area contributed by atoms with Crippen molar-refractivity contribution in [1.29, 1.82) is 0 Å². The fraction of sp³-hybridized carbons (Fsp3) is 0.143. The van der Waals surface area contributed by atoms with Gasteiger partial charge < -0.3 is 9.88 Å². The van der Waals surface area contributed by atoms with Gasteiger partial charge in [-0.25, -0.2) is 4.98 Å². The maximum Gasteiger partial charge on any atom is 0.265 e. The topological polar surface area (TPSA) is 46.9 Å². The summed E-state index contributed by atoms with van der Waals surface area (Å²) in [4.78, 5) is 19.0. The van der Waals surface area contributed by atoms with Crippen LogP contribution in [-0.4, -0.2) is 15.5 Å². The minimum Gasteiger partial charge on any atom is -0.323 e. The van der Waals surface area contributed by atoms with Crippen molar-refractivity contribution in [3.63, 3.8) is 0 Å². The molecule has 0 aliphatic heterocycles. The van der Waals surface area contributed by atoms with Crippen LogP contribution in [0.3, 0.4) is 0 Å². The van der Waals surface area contributed by atoms with Gasteiger partial charge in [0, 0.05) is 12.2 Å². The average Bonchev–Trinajstić information content (AvgIpc) is 3.28. The van der Waals surface area contributed by atoms with Crippen molar-refractivity contribution in [2.45, 2.75) is 19.9 Å². The molecule has 0 fully saturated rings. The highest BCUT2D eigenvalue weighted by Gasteiger charge is 2.16. The zero-order valence-electron chi connectivity index (χ0n) is 14.5. The number of nitrogens with one attached hydrogen (secondary N) is 1. The van der Waals surface area contributed by atoms with E-state index in [0.717, 1.165) is 40.4 Å². The number of carbonyl (C=O) groups is 1. The molecular formula is C21H19N3OS. The number of aryl methyl sites for hydroxylation is 1. The van der Waals surface area contributed by atoms with Crippen molar-refractivity contribution in [1.82, 2.24) is 9.55 Å². The van der Waals surface area contributed by atoms with Gasteiger partial charge in [-0.2, -0.15) is 0 Å². The van der Waals surface area contributed by atoms with Crippen LogP contribution in [0.2, 0.25) is 0 Å². The third-order valence-electron chi connectivity index (χ3n) is 4.18. The molecule has 0 unspecified atom stereocenters. The minimum atomic E-state index is -0.0920. The fourth-order valence-electron chi connectivity index (χ4n) is 3.01. The van der Waals surface area contributed by atoms with E-state index in [9.17, 15) is 4.79 Å². The van der Waals surface area contributed by atoms with E-state index in [-0.39, 0.29) is 5.91 Å². The van der Waals surface area contributed by atoms with Crippen LogP contribution in [-0.2, 0) is 6.54 Å². The first-order chi connectivity index (χ1) is 12.8. The molecule has 5 heteroatoms. The third-order valence-corrected chi connectivity index (χ3v) is 5.26. The SMILES string of the molecule is CCCn1c(-c2ccc(C(=O)Nc3ccccc3)s2)nc2ccccc21. The minimum absolute atomic E-state index is 0.0920. The smallest absolute Gasteiger partial charge is 0.265 e. The molecule has 1 amide bonds. The molecule has 4 nitrogen and oxygen atoms in total. The summed E-state index contributed by atoms with van der Waals surface area (Å²) in [6.07, 6.45) is 1.03. The molecule has 4 rings (SSSR count). The summed E-state index contributed by atoms with van der Waals surface area (Å²) in [7, 11) is 0. The van der Waals surface area contributed by atoms with Crippen LogP contribution < -0.4 is 5.32 Å². The molecule has 0 saturated heterocycles. The highest BCUT2D eigenvalue weighted by molar-refractivity contribution is 7.17. The maximum absolute atomic E-state index is 12.5. The summed E-state index contributed by atoms with van der Waals surface area (Å²) in [5.41, 5.74) is 2.92. The number of nitrogens with zero attached hydrogens (tertiary/aromatic N) is 2. The van der Waals surface area contributed by atoms with Gasteiger partial charge in [0.15, 0.2) is 5.82 Å². The van der Waals surface area contributed by atoms with Gasteiger partial charge in [0.2, 0.25) is 0 Å². The summed E-state index contributed by atoms with van der Waals surface area (Å²) in [5.74, 6) is 0.836. The Labute approximate surface area is 156 Å². The van der Waals surface area contributed by atoms with Crippen molar-refractivity contribution < 1.29 is 4.79 Å². The predicted octanol–water partition coefficient (Wildman–Crippen LogP) is 5.43. The number of thiophene rings is 1. The molecule has 0 atom stereocenters. The van der Waals surface area contributed by atoms with Crippen LogP contribution in [0.25, 0.3) is 21.7 Å². The Kier molecular flexibility index (Phi) is 4.54. The van der Waals surface area contributed by atoms with E-state index in [1.54, 1.807) is 0 Å². The molecule has 1 N–H and O–H groups in total. The number of hydrogen-bond donors (Lipinski definition) is 1. The highest BCUT2D eigenvalue weighted by Crippen LogP contribution is 2.31. The molecule has 0 saturated carbocycles. The number of anilines is 1. The second kappa shape index (κ2) is 7.14. The first-order valence-corrected chi connectivity index (χ1v) is 9.50. The number of benzene rings is 2. The van der Waals surface area contributed by atoms with Gasteiger partial charge in [-0.3, -0.25) is 4.79 Å². The largest absolute Gasteiger partial charge is 0.323 e. The first kappa shape index (κ1) is 16.5. The molecule has 2 aromatic heterocycles. The number of amides is 1. The van der Waals surface area contributed by atoms with Crippen LogP contribution in [0.1, 0.15) is 23.0 Å². The van der Waals surface area contributed by atoms with Crippen molar-refractivity contribution in [2.75, 3.05) is 5.32 Å². The Bertz CT molecular complexity index is 1050. The quantitative estimate of drug-likeness (QED) is 0.515. The standard InChI is InChI=1S/C21H19N3OS/c1-2-14-24-17-11-7-6-10-16(17)23-20(24)18-12-13-19(26-18)21(25)22-15-8-4-3-5-9-15/h3-13H,2,14H2,1H3,(H,22,25). The van der Waals surface area contributed by atoms with Gasteiger partial charge in [-0.05, 0) is 42.8 Å². The van der Waals surface area contributed by atoms with E-state index in [1.807, 2.05) is 60.7 Å². The lowest BCUT2D eigenvalue weighted by molar-refractivity contribution is 0.103. The van der Waals surface area contributed by atoms with Gasteiger partial charge in [-0.1, -0.05) is 37.3 Å². The zero-order valence-corrected chi connectivity index (χ0v) is 15.3. The number of rotatable bonds is 5. The van der Waals surface area contributed by atoms with Crippen molar-refractivity contribution in [3.8, 4) is 10.7 Å². The van der Waals surface area contributed by atoms with E-state index in [0.29, 0.717) is 4.88 Å². The molecule has 2 heterocycles. The van der Waals surface area contributed by atoms with E-state index in [4.69, 9.17) is 4.98 Å². The molecule has 0 aliphatic rings. The van der Waals surface area contributed by atoms with E-state index < -0.39 is 0 Å². The predicted molar refractivity (Wildman–Crippen MR) is 108 cm³/mol. The van der Waals surface area contributed by atoms with Gasteiger partial charge >= 0.3 is 0 Å². The lowest BCUT2D eigenvalue weighted by atomic mass is 10.3. The van der Waals surface area contributed by atoms with E-state index >= 15 is 0 Å². The number of aromatic nitrogens is 2. The number of fused-ring (bicyclic) bond motifs is 1. The number of hydrogen-bond acceptors (Lipinski definition) is 3. The van der Waals surface area contributed by atoms with Gasteiger partial charge in [0.05, 0.1) is 20.8 Å². The number of carbonyl (C=O) groups excluding carboxylic acids is 1. The van der Waals surface area contributed by atoms with Gasteiger partial charge in [0.1, 0.15) is 0 Å². The average molecular weight is 361 g/mol. The third kappa shape index (κ3) is 3.13. The second-order valence-corrected chi connectivity index (χ2v) is 7.14. The maximum atomic E-state index is 12.5. The van der Waals surface area contributed by atoms with Crippen LogP contribution in [0, 0.1) is 0 Å². The molecule has 0 aliphatic carbocycles. The summed E-state index contributed by atoms with van der Waals surface area (Å²) in [6, 6.07) is 21.5. The van der Waals surface area contributed by atoms with Crippen molar-refractivity contribution >= 4 is 34.0 Å². The summed E-state index contributed by atoms with van der Waals surface area (Å²) in [6.45, 7) is 3.06. The van der Waals surface area contributed by atoms with Crippen LogP contribution >= 0.6 is 11.3 Å². The zero-order chi connectivity index (χ0) is 17.9. The lowest BCUT2D eigenvalue weighted by Crippen LogP contribution is -2.09. The Hall–Kier alpha value is -2.92. The normalized spacial score (nSPS) is 11.0. The molecular weight excluding hydrogens is 342 g/mol. The van der Waals surface area contributed by atoms with Gasteiger partial charge in [0.25, 0.3) is 5.91 Å². The fourth-order valence-corrected chi connectivity index (χ4v) is 3.91. The van der Waals surface area contributed by atoms with E-state index in [1.165, 1.54) is 11.3 Å². The van der Waals surface area contributed by atoms with Crippen LogP contribution in [0.5, 0.6) is 0 Å². The van der Waals surface area contributed by atoms with Crippen molar-refractivity contribution in [3.05, 3.63) is 71.6 Å². The summed E-state index contributed by atoms with van der Waals surface area (Å²) < 4.78 is 2.24. The molecule has 26 heavy (non-hydrogen) atoms. The molecule has 130 valence electrons. The molecule has 2 aromatic carbocycles. The first-order valence-electron chi connectivity index (χ1n) is 8.68. The van der Waals surface area contributed by atoms with Crippen LogP contribution in [0.15, 0.2) is 66.7 Å². The molecule has 0 radical (unpaired) electrons. The highest BCUT2D eigenvalue weighted by atomic mass is 32.1. The second-order valence-electron chi connectivity index (χ2n) is 6.06. The summed E-state index contributed by atoms with van der Waals surface area (Å²) >= 11 is 1.47.